The Balaban J connectivity index is 2.57. The van der Waals surface area contributed by atoms with Crippen molar-refractivity contribution < 1.29 is 5.11 Å². The first-order valence-corrected chi connectivity index (χ1v) is 6.41. The summed E-state index contributed by atoms with van der Waals surface area (Å²) in [6.45, 7) is 7.14. The van der Waals surface area contributed by atoms with Gasteiger partial charge in [0.1, 0.15) is 0 Å². The van der Waals surface area contributed by atoms with E-state index in [1.807, 2.05) is 6.07 Å². The minimum atomic E-state index is -0.477. The largest absolute Gasteiger partial charge is 0.398 e. The molecule has 0 amide bonds. The van der Waals surface area contributed by atoms with Gasteiger partial charge in [-0.05, 0) is 37.2 Å². The molecule has 1 atom stereocenters. The Morgan fingerprint density at radius 1 is 1.35 bits per heavy atom. The lowest BCUT2D eigenvalue weighted by atomic mass is 10.1. The third kappa shape index (κ3) is 4.19. The molecule has 1 rings (SSSR count). The van der Waals surface area contributed by atoms with E-state index >= 15 is 0 Å². The van der Waals surface area contributed by atoms with Gasteiger partial charge in [-0.3, -0.25) is 0 Å². The molecule has 0 spiro atoms. The smallest absolute Gasteiger partial charge is 0.0803 e. The number of rotatable bonds is 6. The van der Waals surface area contributed by atoms with E-state index in [0.717, 1.165) is 25.2 Å². The van der Waals surface area contributed by atoms with Crippen LogP contribution in [0, 0.1) is 0 Å². The first kappa shape index (κ1) is 14.3. The average molecular weight is 257 g/mol. The highest BCUT2D eigenvalue weighted by atomic mass is 35.5. The van der Waals surface area contributed by atoms with Crippen molar-refractivity contribution >= 4 is 17.3 Å². The summed E-state index contributed by atoms with van der Waals surface area (Å²) in [5.41, 5.74) is 7.07. The zero-order chi connectivity index (χ0) is 12.8. The summed E-state index contributed by atoms with van der Waals surface area (Å²) in [4.78, 5) is 2.28. The highest BCUT2D eigenvalue weighted by molar-refractivity contribution is 6.33. The second kappa shape index (κ2) is 6.84. The summed E-state index contributed by atoms with van der Waals surface area (Å²) in [6.07, 6.45) is 0.234. The summed E-state index contributed by atoms with van der Waals surface area (Å²) in [6, 6.07) is 5.30. The maximum absolute atomic E-state index is 10.1. The van der Waals surface area contributed by atoms with E-state index in [0.29, 0.717) is 17.1 Å². The quantitative estimate of drug-likeness (QED) is 0.770. The molecule has 4 heteroatoms. The van der Waals surface area contributed by atoms with E-state index in [1.165, 1.54) is 0 Å². The van der Waals surface area contributed by atoms with Gasteiger partial charge in [0, 0.05) is 6.54 Å². The van der Waals surface area contributed by atoms with Crippen molar-refractivity contribution in [2.75, 3.05) is 25.4 Å². The molecule has 17 heavy (non-hydrogen) atoms. The first-order chi connectivity index (χ1) is 8.08. The molecule has 0 saturated carbocycles. The van der Waals surface area contributed by atoms with Crippen LogP contribution in [-0.4, -0.2) is 29.6 Å². The fraction of sp³-hybridized carbons (Fsp3) is 0.538. The van der Waals surface area contributed by atoms with Gasteiger partial charge in [0.2, 0.25) is 0 Å². The van der Waals surface area contributed by atoms with Crippen molar-refractivity contribution in [3.05, 3.63) is 28.8 Å². The lowest BCUT2D eigenvalue weighted by Crippen LogP contribution is -2.25. The van der Waals surface area contributed by atoms with Gasteiger partial charge in [0.15, 0.2) is 0 Å². The Kier molecular flexibility index (Phi) is 5.75. The van der Waals surface area contributed by atoms with E-state index in [1.54, 1.807) is 12.1 Å². The normalized spacial score (nSPS) is 13.0. The van der Waals surface area contributed by atoms with Crippen LogP contribution in [0.4, 0.5) is 5.69 Å². The summed E-state index contributed by atoms with van der Waals surface area (Å²) >= 11 is 5.84. The minimum absolute atomic E-state index is 0.477. The number of hydrogen-bond acceptors (Lipinski definition) is 3. The highest BCUT2D eigenvalue weighted by Gasteiger charge is 2.10. The van der Waals surface area contributed by atoms with Gasteiger partial charge in [-0.2, -0.15) is 0 Å². The SMILES string of the molecule is CCN(CC)CCC(O)c1ccc(Cl)c(N)c1. The predicted octanol–water partition coefficient (Wildman–Crippen LogP) is 2.69. The molecule has 0 bridgehead atoms. The summed E-state index contributed by atoms with van der Waals surface area (Å²) < 4.78 is 0. The maximum Gasteiger partial charge on any atom is 0.0803 e. The summed E-state index contributed by atoms with van der Waals surface area (Å²) in [5.74, 6) is 0. The molecule has 0 aliphatic rings. The number of aliphatic hydroxyl groups is 1. The summed E-state index contributed by atoms with van der Waals surface area (Å²) in [5, 5.41) is 10.6. The number of hydrogen-bond donors (Lipinski definition) is 2. The summed E-state index contributed by atoms with van der Waals surface area (Å²) in [7, 11) is 0. The average Bonchev–Trinajstić information content (AvgIpc) is 2.33. The predicted molar refractivity (Wildman–Crippen MR) is 73.2 cm³/mol. The molecular formula is C13H21ClN2O. The van der Waals surface area contributed by atoms with Crippen LogP contribution in [0.15, 0.2) is 18.2 Å². The van der Waals surface area contributed by atoms with Crippen molar-refractivity contribution in [3.63, 3.8) is 0 Å². The van der Waals surface area contributed by atoms with Crippen molar-refractivity contribution in [3.8, 4) is 0 Å². The van der Waals surface area contributed by atoms with Gasteiger partial charge in [0.25, 0.3) is 0 Å². The first-order valence-electron chi connectivity index (χ1n) is 6.03. The lowest BCUT2D eigenvalue weighted by Gasteiger charge is -2.20. The molecule has 0 saturated heterocycles. The molecule has 0 fully saturated rings. The molecule has 1 aromatic rings. The van der Waals surface area contributed by atoms with Gasteiger partial charge >= 0.3 is 0 Å². The minimum Gasteiger partial charge on any atom is -0.398 e. The number of nitrogens with zero attached hydrogens (tertiary/aromatic N) is 1. The van der Waals surface area contributed by atoms with Crippen LogP contribution in [0.5, 0.6) is 0 Å². The third-order valence-corrected chi connectivity index (χ3v) is 3.36. The second-order valence-electron chi connectivity index (χ2n) is 4.11. The monoisotopic (exact) mass is 256 g/mol. The molecule has 1 unspecified atom stereocenters. The van der Waals surface area contributed by atoms with Crippen molar-refractivity contribution in [2.24, 2.45) is 0 Å². The van der Waals surface area contributed by atoms with Crippen LogP contribution in [0.3, 0.4) is 0 Å². The number of aliphatic hydroxyl groups excluding tert-OH is 1. The topological polar surface area (TPSA) is 49.5 Å². The van der Waals surface area contributed by atoms with Crippen LogP contribution < -0.4 is 5.73 Å². The van der Waals surface area contributed by atoms with Crippen molar-refractivity contribution in [2.45, 2.75) is 26.4 Å². The van der Waals surface area contributed by atoms with Gasteiger partial charge in [-0.15, -0.1) is 0 Å². The van der Waals surface area contributed by atoms with Gasteiger partial charge < -0.3 is 15.7 Å². The van der Waals surface area contributed by atoms with Gasteiger partial charge in [-0.1, -0.05) is 31.5 Å². The molecule has 0 aromatic heterocycles. The molecule has 3 nitrogen and oxygen atoms in total. The van der Waals surface area contributed by atoms with Crippen LogP contribution in [0.2, 0.25) is 5.02 Å². The number of nitrogens with two attached hydrogens (primary N) is 1. The Bertz CT molecular complexity index is 353. The van der Waals surface area contributed by atoms with E-state index < -0.39 is 6.10 Å². The third-order valence-electron chi connectivity index (χ3n) is 3.02. The Hall–Kier alpha value is -0.770. The van der Waals surface area contributed by atoms with Crippen LogP contribution in [-0.2, 0) is 0 Å². The molecule has 0 aliphatic heterocycles. The van der Waals surface area contributed by atoms with Gasteiger partial charge in [-0.25, -0.2) is 0 Å². The fourth-order valence-electron chi connectivity index (χ4n) is 1.78. The molecule has 1 aromatic carbocycles. The highest BCUT2D eigenvalue weighted by Crippen LogP contribution is 2.24. The molecule has 0 aliphatic carbocycles. The zero-order valence-corrected chi connectivity index (χ0v) is 11.2. The van der Waals surface area contributed by atoms with E-state index in [-0.39, 0.29) is 0 Å². The number of benzene rings is 1. The van der Waals surface area contributed by atoms with Crippen molar-refractivity contribution in [1.82, 2.24) is 4.90 Å². The lowest BCUT2D eigenvalue weighted by molar-refractivity contribution is 0.145. The second-order valence-corrected chi connectivity index (χ2v) is 4.52. The van der Waals surface area contributed by atoms with E-state index in [2.05, 4.69) is 18.7 Å². The Morgan fingerprint density at radius 2 is 2.00 bits per heavy atom. The Morgan fingerprint density at radius 3 is 2.53 bits per heavy atom. The molecule has 3 N–H and O–H groups in total. The van der Waals surface area contributed by atoms with Crippen LogP contribution >= 0.6 is 11.6 Å². The maximum atomic E-state index is 10.1. The number of halogens is 1. The number of anilines is 1. The van der Waals surface area contributed by atoms with Crippen LogP contribution in [0.25, 0.3) is 0 Å². The standard InChI is InChI=1S/C13H21ClN2O/c1-3-16(4-2)8-7-13(17)10-5-6-11(14)12(15)9-10/h5-6,9,13,17H,3-4,7-8,15H2,1-2H3. The Labute approximate surface area is 108 Å². The fourth-order valence-corrected chi connectivity index (χ4v) is 1.90. The van der Waals surface area contributed by atoms with Gasteiger partial charge in [0.05, 0.1) is 16.8 Å². The number of nitrogen functional groups attached to an aromatic ring is 1. The van der Waals surface area contributed by atoms with Crippen molar-refractivity contribution in [1.29, 1.82) is 0 Å². The molecule has 0 heterocycles. The zero-order valence-electron chi connectivity index (χ0n) is 10.5. The van der Waals surface area contributed by atoms with Crippen LogP contribution in [0.1, 0.15) is 31.9 Å². The molecule has 0 radical (unpaired) electrons. The van der Waals surface area contributed by atoms with E-state index in [9.17, 15) is 5.11 Å². The molecule has 96 valence electrons. The van der Waals surface area contributed by atoms with E-state index in [4.69, 9.17) is 17.3 Å². The molecular weight excluding hydrogens is 236 g/mol.